The second-order valence-electron chi connectivity index (χ2n) is 12.3. The summed E-state index contributed by atoms with van der Waals surface area (Å²) in [6.07, 6.45) is 0.783. The van der Waals surface area contributed by atoms with E-state index in [1.165, 1.54) is 12.1 Å². The number of amides is 2. The lowest BCUT2D eigenvalue weighted by molar-refractivity contribution is -0.145. The molecule has 1 aliphatic carbocycles. The molecule has 0 bridgehead atoms. The van der Waals surface area contributed by atoms with Gasteiger partial charge in [-0.1, -0.05) is 53.7 Å². The molecular weight excluding hydrogens is 628 g/mol. The third kappa shape index (κ3) is 9.21. The Labute approximate surface area is 276 Å². The third-order valence-electron chi connectivity index (χ3n) is 8.96. The number of fused-ring (bicyclic) bond motifs is 1. The number of carbonyl (C=O) groups is 2. The van der Waals surface area contributed by atoms with Crippen LogP contribution < -0.4 is 10.6 Å². The number of likely N-dealkylation sites (N-methyl/N-ethyl adjacent to an activating group) is 1. The minimum atomic E-state index is -4.29. The van der Waals surface area contributed by atoms with Crippen LogP contribution in [0.2, 0.25) is 0 Å². The Morgan fingerprint density at radius 3 is 2.57 bits per heavy atom. The molecule has 2 aromatic rings. The molecule has 1 saturated carbocycles. The Morgan fingerprint density at radius 2 is 1.83 bits per heavy atom. The molecule has 2 aliphatic heterocycles. The van der Waals surface area contributed by atoms with Crippen molar-refractivity contribution in [2.24, 2.45) is 5.92 Å². The molecule has 2 saturated heterocycles. The van der Waals surface area contributed by atoms with Crippen molar-refractivity contribution in [1.29, 1.82) is 0 Å². The van der Waals surface area contributed by atoms with Crippen molar-refractivity contribution in [3.05, 3.63) is 60.2 Å². The molecule has 0 radical (unpaired) electrons. The highest BCUT2D eigenvalue weighted by molar-refractivity contribution is 7.89. The lowest BCUT2D eigenvalue weighted by atomic mass is 10.0. The van der Waals surface area contributed by atoms with Crippen LogP contribution in [-0.4, -0.2) is 105 Å². The van der Waals surface area contributed by atoms with Gasteiger partial charge in [0.25, 0.3) is 10.0 Å². The standard InChI is InChI=1S/C33H46N4O9S/c1-3-36(2)31(39)20-34-24-12-9-15-26(19-24)47(41,42)37(46-25-13-7-8-14-25)21-29(38)28(18-23-10-5-4-6-11-23)35-33(40)45-30-22-44-32-27(30)16-17-43-32/h4-6,9-12,15,19,25,27-30,32,34,38H,3,7-8,13-14,16-18,20-22H2,1-2H3,(H,35,40)/t27-,28-,29+,30-,32+/m0/s1. The van der Waals surface area contributed by atoms with E-state index >= 15 is 0 Å². The van der Waals surface area contributed by atoms with E-state index in [9.17, 15) is 23.1 Å². The average Bonchev–Trinajstić information content (AvgIpc) is 3.84. The number of hydroxylamine groups is 1. The predicted molar refractivity (Wildman–Crippen MR) is 173 cm³/mol. The summed E-state index contributed by atoms with van der Waals surface area (Å²) in [6.45, 7) is 2.72. The first kappa shape index (κ1) is 35.0. The van der Waals surface area contributed by atoms with E-state index in [-0.39, 0.29) is 42.4 Å². The number of aliphatic hydroxyl groups is 1. The molecule has 258 valence electrons. The summed E-state index contributed by atoms with van der Waals surface area (Å²) in [5.41, 5.74) is 1.28. The van der Waals surface area contributed by atoms with Crippen LogP contribution in [0.3, 0.4) is 0 Å². The number of anilines is 1. The lowest BCUT2D eigenvalue weighted by Crippen LogP contribution is -2.51. The molecule has 0 spiro atoms. The van der Waals surface area contributed by atoms with Gasteiger partial charge in [0.05, 0.1) is 55.4 Å². The highest BCUT2D eigenvalue weighted by Crippen LogP contribution is 2.33. The molecule has 2 heterocycles. The van der Waals surface area contributed by atoms with E-state index in [1.807, 2.05) is 37.3 Å². The maximum absolute atomic E-state index is 14.1. The largest absolute Gasteiger partial charge is 0.443 e. The molecule has 0 aromatic heterocycles. The topological polar surface area (TPSA) is 156 Å². The third-order valence-corrected chi connectivity index (χ3v) is 10.6. The normalized spacial score (nSPS) is 22.5. The van der Waals surface area contributed by atoms with E-state index in [1.54, 1.807) is 24.1 Å². The Morgan fingerprint density at radius 1 is 1.06 bits per heavy atom. The molecule has 2 aromatic carbocycles. The van der Waals surface area contributed by atoms with Gasteiger partial charge in [-0.3, -0.25) is 9.63 Å². The second kappa shape index (κ2) is 16.2. The van der Waals surface area contributed by atoms with Crippen molar-refractivity contribution in [2.45, 2.75) is 81.0 Å². The number of ether oxygens (including phenoxy) is 3. The van der Waals surface area contributed by atoms with Gasteiger partial charge >= 0.3 is 6.09 Å². The summed E-state index contributed by atoms with van der Waals surface area (Å²) in [6, 6.07) is 14.5. The number of nitrogens with zero attached hydrogens (tertiary/aromatic N) is 2. The molecule has 2 amide bonds. The molecule has 3 fully saturated rings. The first-order valence-electron chi connectivity index (χ1n) is 16.3. The molecule has 5 atom stereocenters. The minimum absolute atomic E-state index is 0.000806. The van der Waals surface area contributed by atoms with Gasteiger partial charge < -0.3 is 34.9 Å². The summed E-state index contributed by atoms with van der Waals surface area (Å²) in [7, 11) is -2.60. The Kier molecular flexibility index (Phi) is 12.1. The number of benzene rings is 2. The highest BCUT2D eigenvalue weighted by Gasteiger charge is 2.44. The summed E-state index contributed by atoms with van der Waals surface area (Å²) < 4.78 is 45.9. The number of rotatable bonds is 15. The Bertz CT molecular complexity index is 1440. The fourth-order valence-corrected chi connectivity index (χ4v) is 7.38. The highest BCUT2D eigenvalue weighted by atomic mass is 32.2. The van der Waals surface area contributed by atoms with Crippen LogP contribution >= 0.6 is 0 Å². The number of alkyl carbamates (subject to hydrolysis) is 1. The molecular formula is C33H46N4O9S. The van der Waals surface area contributed by atoms with E-state index in [0.717, 1.165) is 22.9 Å². The summed E-state index contributed by atoms with van der Waals surface area (Å²) in [5.74, 6) is -0.197. The molecule has 3 aliphatic rings. The summed E-state index contributed by atoms with van der Waals surface area (Å²) in [5, 5.41) is 17.4. The van der Waals surface area contributed by atoms with Crippen molar-refractivity contribution in [3.8, 4) is 0 Å². The lowest BCUT2D eigenvalue weighted by Gasteiger charge is -2.31. The van der Waals surface area contributed by atoms with Crippen LogP contribution in [0, 0.1) is 5.92 Å². The van der Waals surface area contributed by atoms with Gasteiger partial charge in [-0.05, 0) is 56.4 Å². The van der Waals surface area contributed by atoms with Crippen molar-refractivity contribution in [2.75, 3.05) is 45.2 Å². The second-order valence-corrected chi connectivity index (χ2v) is 14.1. The van der Waals surface area contributed by atoms with Crippen molar-refractivity contribution < 1.29 is 42.2 Å². The molecule has 14 heteroatoms. The van der Waals surface area contributed by atoms with Gasteiger partial charge in [0.1, 0.15) is 6.10 Å². The van der Waals surface area contributed by atoms with Gasteiger partial charge in [-0.15, -0.1) is 0 Å². The fourth-order valence-electron chi connectivity index (χ4n) is 6.03. The van der Waals surface area contributed by atoms with Crippen LogP contribution in [0.15, 0.2) is 59.5 Å². The number of sulfonamides is 1. The Balaban J connectivity index is 1.33. The van der Waals surface area contributed by atoms with E-state index in [0.29, 0.717) is 38.1 Å². The zero-order chi connectivity index (χ0) is 33.4. The molecule has 0 unspecified atom stereocenters. The fraction of sp³-hybridized carbons (Fsp3) is 0.576. The first-order valence-corrected chi connectivity index (χ1v) is 17.8. The average molecular weight is 675 g/mol. The first-order chi connectivity index (χ1) is 22.6. The van der Waals surface area contributed by atoms with Crippen LogP contribution in [0.25, 0.3) is 0 Å². The maximum Gasteiger partial charge on any atom is 0.407 e. The van der Waals surface area contributed by atoms with Gasteiger partial charge in [-0.25, -0.2) is 13.2 Å². The van der Waals surface area contributed by atoms with Gasteiger partial charge in [-0.2, -0.15) is 0 Å². The van der Waals surface area contributed by atoms with Crippen molar-refractivity contribution in [3.63, 3.8) is 0 Å². The van der Waals surface area contributed by atoms with E-state index in [4.69, 9.17) is 19.0 Å². The maximum atomic E-state index is 14.1. The number of hydrogen-bond donors (Lipinski definition) is 3. The van der Waals surface area contributed by atoms with Gasteiger partial charge in [0, 0.05) is 19.3 Å². The zero-order valence-electron chi connectivity index (χ0n) is 27.0. The predicted octanol–water partition coefficient (Wildman–Crippen LogP) is 2.90. The summed E-state index contributed by atoms with van der Waals surface area (Å²) in [4.78, 5) is 33.0. The monoisotopic (exact) mass is 674 g/mol. The van der Waals surface area contributed by atoms with Gasteiger partial charge in [0.15, 0.2) is 6.29 Å². The minimum Gasteiger partial charge on any atom is -0.443 e. The van der Waals surface area contributed by atoms with E-state index in [2.05, 4.69) is 10.6 Å². The molecule has 3 N–H and O–H groups in total. The van der Waals surface area contributed by atoms with Crippen molar-refractivity contribution in [1.82, 2.24) is 14.7 Å². The van der Waals surface area contributed by atoms with Crippen LogP contribution in [0.1, 0.15) is 44.6 Å². The zero-order valence-corrected chi connectivity index (χ0v) is 27.8. The van der Waals surface area contributed by atoms with Gasteiger partial charge in [0.2, 0.25) is 5.91 Å². The number of carbonyl (C=O) groups excluding carboxylic acids is 2. The van der Waals surface area contributed by atoms with Crippen LogP contribution in [0.4, 0.5) is 10.5 Å². The van der Waals surface area contributed by atoms with E-state index < -0.39 is 47.2 Å². The molecule has 47 heavy (non-hydrogen) atoms. The number of nitrogens with one attached hydrogen (secondary N) is 2. The smallest absolute Gasteiger partial charge is 0.407 e. The quantitative estimate of drug-likeness (QED) is 0.240. The van der Waals surface area contributed by atoms with Crippen LogP contribution in [0.5, 0.6) is 0 Å². The molecule has 5 rings (SSSR count). The Hall–Kier alpha value is -3.27. The SMILES string of the molecule is CCN(C)C(=O)CNc1cccc(S(=O)(=O)N(C[C@@H](O)[C@H](Cc2ccccc2)NC(=O)O[C@H]2CO[C@H]3OCC[C@H]32)OC2CCCC2)c1. The van der Waals surface area contributed by atoms with Crippen molar-refractivity contribution >= 4 is 27.7 Å². The number of aliphatic hydroxyl groups excluding tert-OH is 1. The summed E-state index contributed by atoms with van der Waals surface area (Å²) >= 11 is 0. The van der Waals surface area contributed by atoms with Crippen LogP contribution in [-0.2, 0) is 40.3 Å². The number of hydrogen-bond acceptors (Lipinski definition) is 10. The molecule has 13 nitrogen and oxygen atoms in total.